The molecular formula is C24H31NO3. The zero-order chi connectivity index (χ0) is 20.5. The third-order valence-electron chi connectivity index (χ3n) is 5.16. The zero-order valence-corrected chi connectivity index (χ0v) is 17.7. The molecule has 0 radical (unpaired) electrons. The maximum atomic E-state index is 12.9. The molecule has 1 aliphatic rings. The normalized spacial score (nSPS) is 18.8. The number of hydrogen-bond acceptors (Lipinski definition) is 3. The van der Waals surface area contributed by atoms with Crippen LogP contribution in [-0.4, -0.2) is 17.6 Å². The topological polar surface area (TPSA) is 47.6 Å². The third-order valence-corrected chi connectivity index (χ3v) is 5.16. The van der Waals surface area contributed by atoms with Crippen molar-refractivity contribution in [3.63, 3.8) is 0 Å². The van der Waals surface area contributed by atoms with Crippen LogP contribution in [0, 0.1) is 6.92 Å². The lowest BCUT2D eigenvalue weighted by atomic mass is 9.89. The predicted octanol–water partition coefficient (Wildman–Crippen LogP) is 5.30. The van der Waals surface area contributed by atoms with Crippen molar-refractivity contribution in [1.29, 1.82) is 0 Å². The van der Waals surface area contributed by atoms with E-state index in [0.717, 1.165) is 28.2 Å². The highest BCUT2D eigenvalue weighted by Crippen LogP contribution is 2.39. The predicted molar refractivity (Wildman–Crippen MR) is 112 cm³/mol. The molecule has 2 atom stereocenters. The van der Waals surface area contributed by atoms with Crippen LogP contribution in [-0.2, 0) is 4.79 Å². The monoisotopic (exact) mass is 381 g/mol. The van der Waals surface area contributed by atoms with E-state index in [4.69, 9.17) is 9.47 Å². The summed E-state index contributed by atoms with van der Waals surface area (Å²) >= 11 is 0. The minimum atomic E-state index is -0.586. The first-order valence-electron chi connectivity index (χ1n) is 10.0. The molecule has 4 heteroatoms. The lowest BCUT2D eigenvalue weighted by Crippen LogP contribution is -2.44. The van der Waals surface area contributed by atoms with Crippen LogP contribution >= 0.6 is 0 Å². The number of carbonyl (C=O) groups excluding carboxylic acids is 1. The summed E-state index contributed by atoms with van der Waals surface area (Å²) < 4.78 is 12.1. The summed E-state index contributed by atoms with van der Waals surface area (Å²) in [4.78, 5) is 12.9. The Hall–Kier alpha value is -2.49. The van der Waals surface area contributed by atoms with E-state index in [1.54, 1.807) is 6.92 Å². The van der Waals surface area contributed by atoms with Gasteiger partial charge in [0.05, 0.1) is 6.04 Å². The molecular weight excluding hydrogens is 350 g/mol. The van der Waals surface area contributed by atoms with Gasteiger partial charge in [-0.3, -0.25) is 4.79 Å². The standard InChI is InChI=1S/C24H31NO3/c1-15(2)18-12-11-16(3)13-22(18)27-17(4)23(26)25-20-14-24(5,6)28-21-10-8-7-9-19(20)21/h7-13,15,17,20H,14H2,1-6H3,(H,25,26)/t17-,20-/m0/s1. The van der Waals surface area contributed by atoms with Crippen LogP contribution in [0.2, 0.25) is 0 Å². The van der Waals surface area contributed by atoms with E-state index in [2.05, 4.69) is 31.3 Å². The van der Waals surface area contributed by atoms with Crippen molar-refractivity contribution in [2.24, 2.45) is 0 Å². The summed E-state index contributed by atoms with van der Waals surface area (Å²) in [6.45, 7) is 12.2. The molecule has 1 N–H and O–H groups in total. The molecule has 3 rings (SSSR count). The third kappa shape index (κ3) is 4.49. The van der Waals surface area contributed by atoms with Crippen molar-refractivity contribution < 1.29 is 14.3 Å². The molecule has 28 heavy (non-hydrogen) atoms. The Kier molecular flexibility index (Phi) is 5.69. The molecule has 0 aliphatic carbocycles. The van der Waals surface area contributed by atoms with Crippen molar-refractivity contribution in [1.82, 2.24) is 5.32 Å². The van der Waals surface area contributed by atoms with Gasteiger partial charge in [-0.25, -0.2) is 0 Å². The van der Waals surface area contributed by atoms with Gasteiger partial charge in [-0.2, -0.15) is 0 Å². The van der Waals surface area contributed by atoms with Gasteiger partial charge in [0.2, 0.25) is 0 Å². The Balaban J connectivity index is 1.76. The maximum Gasteiger partial charge on any atom is 0.261 e. The fourth-order valence-corrected chi connectivity index (χ4v) is 3.68. The lowest BCUT2D eigenvalue weighted by Gasteiger charge is -2.38. The van der Waals surface area contributed by atoms with Crippen LogP contribution in [0.15, 0.2) is 42.5 Å². The number of carbonyl (C=O) groups is 1. The summed E-state index contributed by atoms with van der Waals surface area (Å²) in [5.41, 5.74) is 2.91. The van der Waals surface area contributed by atoms with E-state index in [0.29, 0.717) is 12.3 Å². The van der Waals surface area contributed by atoms with Crippen molar-refractivity contribution in [3.05, 3.63) is 59.2 Å². The molecule has 0 unspecified atom stereocenters. The molecule has 2 aromatic carbocycles. The Bertz CT molecular complexity index is 857. The fourth-order valence-electron chi connectivity index (χ4n) is 3.68. The molecule has 0 spiro atoms. The van der Waals surface area contributed by atoms with Crippen molar-refractivity contribution in [2.45, 2.75) is 71.6 Å². The van der Waals surface area contributed by atoms with Gasteiger partial charge in [0.1, 0.15) is 17.1 Å². The maximum absolute atomic E-state index is 12.9. The van der Waals surface area contributed by atoms with Crippen LogP contribution in [0.3, 0.4) is 0 Å². The summed E-state index contributed by atoms with van der Waals surface area (Å²) in [6.07, 6.45) is 0.127. The molecule has 0 fully saturated rings. The number of para-hydroxylation sites is 1. The summed E-state index contributed by atoms with van der Waals surface area (Å²) in [6, 6.07) is 14.0. The number of rotatable bonds is 5. The molecule has 1 heterocycles. The summed E-state index contributed by atoms with van der Waals surface area (Å²) in [5.74, 6) is 1.83. The number of benzene rings is 2. The first-order chi connectivity index (χ1) is 13.2. The SMILES string of the molecule is Cc1ccc(C(C)C)c(O[C@@H](C)C(=O)N[C@H]2CC(C)(C)Oc3ccccc32)c1. The van der Waals surface area contributed by atoms with Crippen LogP contribution < -0.4 is 14.8 Å². The molecule has 4 nitrogen and oxygen atoms in total. The van der Waals surface area contributed by atoms with Crippen molar-refractivity contribution >= 4 is 5.91 Å². The van der Waals surface area contributed by atoms with Gasteiger partial charge in [0.25, 0.3) is 5.91 Å². The molecule has 150 valence electrons. The van der Waals surface area contributed by atoms with Crippen molar-refractivity contribution in [3.8, 4) is 11.5 Å². The molecule has 1 aliphatic heterocycles. The highest BCUT2D eigenvalue weighted by Gasteiger charge is 2.35. The minimum absolute atomic E-state index is 0.0967. The number of ether oxygens (including phenoxy) is 2. The largest absolute Gasteiger partial charge is 0.487 e. The Morgan fingerprint density at radius 1 is 1.18 bits per heavy atom. The quantitative estimate of drug-likeness (QED) is 0.764. The molecule has 0 saturated carbocycles. The number of fused-ring (bicyclic) bond motifs is 1. The molecule has 0 bridgehead atoms. The minimum Gasteiger partial charge on any atom is -0.487 e. The first-order valence-corrected chi connectivity index (χ1v) is 10.0. The van der Waals surface area contributed by atoms with Crippen LogP contribution in [0.25, 0.3) is 0 Å². The van der Waals surface area contributed by atoms with Gasteiger partial charge in [-0.15, -0.1) is 0 Å². The molecule has 2 aromatic rings. The number of hydrogen-bond donors (Lipinski definition) is 1. The Labute approximate surface area is 168 Å². The molecule has 0 saturated heterocycles. The number of amides is 1. The summed E-state index contributed by atoms with van der Waals surface area (Å²) in [7, 11) is 0. The highest BCUT2D eigenvalue weighted by molar-refractivity contribution is 5.81. The van der Waals surface area contributed by atoms with Crippen LogP contribution in [0.4, 0.5) is 0 Å². The average molecular weight is 382 g/mol. The van der Waals surface area contributed by atoms with E-state index in [9.17, 15) is 4.79 Å². The van der Waals surface area contributed by atoms with Gasteiger partial charge in [0.15, 0.2) is 6.10 Å². The first kappa shape index (κ1) is 20.2. The van der Waals surface area contributed by atoms with Crippen molar-refractivity contribution in [2.75, 3.05) is 0 Å². The van der Waals surface area contributed by atoms with Gasteiger partial charge in [0, 0.05) is 12.0 Å². The Morgan fingerprint density at radius 2 is 1.89 bits per heavy atom. The van der Waals surface area contributed by atoms with E-state index in [-0.39, 0.29) is 17.6 Å². The van der Waals surface area contributed by atoms with Gasteiger partial charge in [-0.1, -0.05) is 44.2 Å². The smallest absolute Gasteiger partial charge is 0.261 e. The van der Waals surface area contributed by atoms with Gasteiger partial charge >= 0.3 is 0 Å². The fraction of sp³-hybridized carbons (Fsp3) is 0.458. The second kappa shape index (κ2) is 7.86. The van der Waals surface area contributed by atoms with E-state index in [1.165, 1.54) is 0 Å². The van der Waals surface area contributed by atoms with Crippen LogP contribution in [0.1, 0.15) is 69.7 Å². The molecule has 0 aromatic heterocycles. The van der Waals surface area contributed by atoms with E-state index in [1.807, 2.05) is 51.1 Å². The van der Waals surface area contributed by atoms with Gasteiger partial charge in [-0.05, 0) is 56.9 Å². The van der Waals surface area contributed by atoms with E-state index >= 15 is 0 Å². The number of nitrogens with one attached hydrogen (secondary N) is 1. The highest BCUT2D eigenvalue weighted by atomic mass is 16.5. The zero-order valence-electron chi connectivity index (χ0n) is 17.7. The molecule has 1 amide bonds. The Morgan fingerprint density at radius 3 is 2.61 bits per heavy atom. The van der Waals surface area contributed by atoms with E-state index < -0.39 is 6.10 Å². The average Bonchev–Trinajstić information content (AvgIpc) is 2.60. The summed E-state index contributed by atoms with van der Waals surface area (Å²) in [5, 5.41) is 3.17. The second-order valence-electron chi connectivity index (χ2n) is 8.62. The second-order valence-corrected chi connectivity index (χ2v) is 8.62. The lowest BCUT2D eigenvalue weighted by molar-refractivity contribution is -0.128. The van der Waals surface area contributed by atoms with Gasteiger partial charge < -0.3 is 14.8 Å². The van der Waals surface area contributed by atoms with Crippen LogP contribution in [0.5, 0.6) is 11.5 Å². The number of aryl methyl sites for hydroxylation is 1.